The predicted octanol–water partition coefficient (Wildman–Crippen LogP) is 4.00. The van der Waals surface area contributed by atoms with E-state index in [9.17, 15) is 0 Å². The first-order chi connectivity index (χ1) is 9.05. The average Bonchev–Trinajstić information content (AvgIpc) is 2.72. The summed E-state index contributed by atoms with van der Waals surface area (Å²) >= 11 is 0. The van der Waals surface area contributed by atoms with Crippen LogP contribution in [0.5, 0.6) is 0 Å². The Morgan fingerprint density at radius 2 is 1.89 bits per heavy atom. The highest BCUT2D eigenvalue weighted by Crippen LogP contribution is 2.36. The van der Waals surface area contributed by atoms with Crippen molar-refractivity contribution in [3.8, 4) is 0 Å². The molecule has 1 heterocycles. The fourth-order valence-corrected chi connectivity index (χ4v) is 3.67. The zero-order valence-electron chi connectivity index (χ0n) is 13.2. The summed E-state index contributed by atoms with van der Waals surface area (Å²) in [6, 6.07) is 0.773. The van der Waals surface area contributed by atoms with Crippen molar-refractivity contribution in [2.24, 2.45) is 17.3 Å². The lowest BCUT2D eigenvalue weighted by molar-refractivity contribution is 0.183. The molecule has 112 valence electrons. The molecule has 0 amide bonds. The third-order valence-electron chi connectivity index (χ3n) is 5.20. The van der Waals surface area contributed by atoms with Crippen molar-refractivity contribution in [3.05, 3.63) is 0 Å². The van der Waals surface area contributed by atoms with Crippen LogP contribution >= 0.6 is 0 Å². The van der Waals surface area contributed by atoms with E-state index in [1.54, 1.807) is 0 Å². The zero-order valence-corrected chi connectivity index (χ0v) is 13.2. The Morgan fingerprint density at radius 3 is 2.58 bits per heavy atom. The van der Waals surface area contributed by atoms with Crippen LogP contribution in [0.1, 0.15) is 65.7 Å². The lowest BCUT2D eigenvalue weighted by Crippen LogP contribution is -2.30. The first-order valence-electron chi connectivity index (χ1n) is 8.37. The van der Waals surface area contributed by atoms with Crippen molar-refractivity contribution in [1.82, 2.24) is 5.32 Å². The molecule has 1 aliphatic carbocycles. The normalized spacial score (nSPS) is 33.3. The summed E-state index contributed by atoms with van der Waals surface area (Å²) in [5.74, 6) is 1.74. The monoisotopic (exact) mass is 267 g/mol. The first kappa shape index (κ1) is 15.3. The topological polar surface area (TPSA) is 21.3 Å². The molecule has 0 aromatic rings. The van der Waals surface area contributed by atoms with Crippen LogP contribution in [0.3, 0.4) is 0 Å². The van der Waals surface area contributed by atoms with Crippen LogP contribution in [-0.2, 0) is 4.74 Å². The highest BCUT2D eigenvalue weighted by molar-refractivity contribution is 4.81. The second kappa shape index (κ2) is 7.08. The van der Waals surface area contributed by atoms with Gasteiger partial charge in [-0.3, -0.25) is 0 Å². The maximum Gasteiger partial charge on any atom is 0.0495 e. The van der Waals surface area contributed by atoms with E-state index in [0.717, 1.165) is 31.1 Å². The molecule has 0 aromatic carbocycles. The number of hydrogen-bond donors (Lipinski definition) is 1. The number of rotatable bonds is 4. The van der Waals surface area contributed by atoms with E-state index >= 15 is 0 Å². The molecule has 0 bridgehead atoms. The molecule has 2 fully saturated rings. The standard InChI is InChI=1S/C17H33NO/c1-17(2,3)15-5-4-6-16(8-7-15)18-11-9-14-10-12-19-13-14/h14-16,18H,4-13H2,1-3H3. The van der Waals surface area contributed by atoms with E-state index in [0.29, 0.717) is 5.41 Å². The molecule has 2 nitrogen and oxygen atoms in total. The summed E-state index contributed by atoms with van der Waals surface area (Å²) in [4.78, 5) is 0. The fraction of sp³-hybridized carbons (Fsp3) is 1.00. The Morgan fingerprint density at radius 1 is 1.05 bits per heavy atom. The van der Waals surface area contributed by atoms with Gasteiger partial charge in [-0.15, -0.1) is 0 Å². The second-order valence-electron chi connectivity index (χ2n) is 7.74. The quantitative estimate of drug-likeness (QED) is 0.777. The van der Waals surface area contributed by atoms with Crippen LogP contribution in [0.2, 0.25) is 0 Å². The summed E-state index contributed by atoms with van der Waals surface area (Å²) < 4.78 is 5.44. The van der Waals surface area contributed by atoms with Gasteiger partial charge in [0.2, 0.25) is 0 Å². The van der Waals surface area contributed by atoms with Crippen LogP contribution in [0.25, 0.3) is 0 Å². The van der Waals surface area contributed by atoms with Gasteiger partial charge in [-0.1, -0.05) is 27.2 Å². The van der Waals surface area contributed by atoms with Crippen LogP contribution in [-0.4, -0.2) is 25.8 Å². The molecule has 19 heavy (non-hydrogen) atoms. The number of nitrogens with one attached hydrogen (secondary N) is 1. The Labute approximate surface area is 119 Å². The minimum absolute atomic E-state index is 0.496. The van der Waals surface area contributed by atoms with Crippen LogP contribution in [0.4, 0.5) is 0 Å². The SMILES string of the molecule is CC(C)(C)C1CCCC(NCCC2CCOC2)CC1. The van der Waals surface area contributed by atoms with Crippen molar-refractivity contribution in [1.29, 1.82) is 0 Å². The second-order valence-corrected chi connectivity index (χ2v) is 7.74. The molecule has 0 aromatic heterocycles. The minimum atomic E-state index is 0.496. The lowest BCUT2D eigenvalue weighted by atomic mass is 9.76. The smallest absolute Gasteiger partial charge is 0.0495 e. The molecule has 2 aliphatic rings. The van der Waals surface area contributed by atoms with Crippen LogP contribution in [0, 0.1) is 17.3 Å². The maximum absolute atomic E-state index is 5.44. The first-order valence-corrected chi connectivity index (χ1v) is 8.37. The van der Waals surface area contributed by atoms with E-state index in [2.05, 4.69) is 26.1 Å². The molecule has 3 atom stereocenters. The van der Waals surface area contributed by atoms with Crippen molar-refractivity contribution in [3.63, 3.8) is 0 Å². The Hall–Kier alpha value is -0.0800. The summed E-state index contributed by atoms with van der Waals surface area (Å²) in [7, 11) is 0. The van der Waals surface area contributed by atoms with Gasteiger partial charge < -0.3 is 10.1 Å². The molecule has 0 spiro atoms. The number of ether oxygens (including phenoxy) is 1. The molecular formula is C17H33NO. The summed E-state index contributed by atoms with van der Waals surface area (Å²) in [6.45, 7) is 10.4. The van der Waals surface area contributed by atoms with Crippen molar-refractivity contribution in [2.75, 3.05) is 19.8 Å². The van der Waals surface area contributed by atoms with Gasteiger partial charge in [-0.05, 0) is 62.3 Å². The van der Waals surface area contributed by atoms with Crippen LogP contribution in [0.15, 0.2) is 0 Å². The summed E-state index contributed by atoms with van der Waals surface area (Å²) in [5.41, 5.74) is 0.496. The van der Waals surface area contributed by atoms with E-state index in [-0.39, 0.29) is 0 Å². The molecule has 1 saturated carbocycles. The average molecular weight is 267 g/mol. The summed E-state index contributed by atoms with van der Waals surface area (Å²) in [5, 5.41) is 3.80. The highest BCUT2D eigenvalue weighted by atomic mass is 16.5. The fourth-order valence-electron chi connectivity index (χ4n) is 3.67. The van der Waals surface area contributed by atoms with E-state index in [4.69, 9.17) is 4.74 Å². The van der Waals surface area contributed by atoms with Gasteiger partial charge in [0.25, 0.3) is 0 Å². The Balaban J connectivity index is 1.65. The predicted molar refractivity (Wildman–Crippen MR) is 81.4 cm³/mol. The molecule has 1 saturated heterocycles. The lowest BCUT2D eigenvalue weighted by Gasteiger charge is -2.29. The van der Waals surface area contributed by atoms with E-state index < -0.39 is 0 Å². The third kappa shape index (κ3) is 5.07. The van der Waals surface area contributed by atoms with Crippen molar-refractivity contribution < 1.29 is 4.74 Å². The van der Waals surface area contributed by atoms with Gasteiger partial charge in [0.15, 0.2) is 0 Å². The zero-order chi connectivity index (χ0) is 13.7. The highest BCUT2D eigenvalue weighted by Gasteiger charge is 2.27. The third-order valence-corrected chi connectivity index (χ3v) is 5.20. The van der Waals surface area contributed by atoms with Crippen LogP contribution < -0.4 is 5.32 Å². The molecule has 0 radical (unpaired) electrons. The summed E-state index contributed by atoms with van der Waals surface area (Å²) in [6.07, 6.45) is 9.59. The van der Waals surface area contributed by atoms with Gasteiger partial charge in [0, 0.05) is 19.3 Å². The van der Waals surface area contributed by atoms with Crippen molar-refractivity contribution >= 4 is 0 Å². The van der Waals surface area contributed by atoms with Gasteiger partial charge >= 0.3 is 0 Å². The van der Waals surface area contributed by atoms with Crippen molar-refractivity contribution in [2.45, 2.75) is 71.8 Å². The Bertz CT molecular complexity index is 252. The van der Waals surface area contributed by atoms with Gasteiger partial charge in [-0.2, -0.15) is 0 Å². The molecule has 1 N–H and O–H groups in total. The minimum Gasteiger partial charge on any atom is -0.381 e. The largest absolute Gasteiger partial charge is 0.381 e. The molecule has 3 unspecified atom stereocenters. The molecule has 2 rings (SSSR count). The van der Waals surface area contributed by atoms with Gasteiger partial charge in [0.1, 0.15) is 0 Å². The molecular weight excluding hydrogens is 234 g/mol. The van der Waals surface area contributed by atoms with E-state index in [1.807, 2.05) is 0 Å². The molecule has 2 heteroatoms. The van der Waals surface area contributed by atoms with Gasteiger partial charge in [0.05, 0.1) is 0 Å². The molecule has 1 aliphatic heterocycles. The number of hydrogen-bond acceptors (Lipinski definition) is 2. The maximum atomic E-state index is 5.44. The van der Waals surface area contributed by atoms with Gasteiger partial charge in [-0.25, -0.2) is 0 Å². The Kier molecular flexibility index (Phi) is 5.70. The van der Waals surface area contributed by atoms with E-state index in [1.165, 1.54) is 51.5 Å².